The van der Waals surface area contributed by atoms with Crippen LogP contribution in [0.25, 0.3) is 5.69 Å². The van der Waals surface area contributed by atoms with E-state index in [1.807, 2.05) is 58.3 Å². The lowest BCUT2D eigenvalue weighted by atomic mass is 9.95. The van der Waals surface area contributed by atoms with Crippen molar-refractivity contribution in [2.75, 3.05) is 0 Å². The number of carbonyl (C=O) groups is 3. The third-order valence-electron chi connectivity index (χ3n) is 6.41. The Morgan fingerprint density at radius 3 is 1.96 bits per heavy atom. The highest BCUT2D eigenvalue weighted by Gasteiger charge is 2.47. The summed E-state index contributed by atoms with van der Waals surface area (Å²) in [4.78, 5) is 40.9. The van der Waals surface area contributed by atoms with E-state index >= 15 is 0 Å². The highest BCUT2D eigenvalue weighted by molar-refractivity contribution is 6.02. The lowest BCUT2D eigenvalue weighted by Gasteiger charge is -2.41. The number of piperidine rings is 1. The third-order valence-corrected chi connectivity index (χ3v) is 6.41. The average molecular weight is 377 g/mol. The quantitative estimate of drug-likeness (QED) is 0.773. The van der Waals surface area contributed by atoms with Crippen LogP contribution < -0.4 is 0 Å². The molecule has 3 amide bonds. The summed E-state index contributed by atoms with van der Waals surface area (Å²) in [5.74, 6) is -0.0337. The van der Waals surface area contributed by atoms with Gasteiger partial charge in [-0.1, -0.05) is 0 Å². The third kappa shape index (κ3) is 2.75. The summed E-state index contributed by atoms with van der Waals surface area (Å²) in [6.07, 6.45) is 7.94. The molecule has 2 unspecified atom stereocenters. The Kier molecular flexibility index (Phi) is 4.07. The van der Waals surface area contributed by atoms with E-state index in [2.05, 4.69) is 0 Å². The van der Waals surface area contributed by atoms with E-state index < -0.39 is 0 Å². The van der Waals surface area contributed by atoms with Crippen LogP contribution in [0.1, 0.15) is 48.9 Å². The lowest BCUT2D eigenvalue weighted by Crippen LogP contribution is -2.53. The number of imide groups is 1. The first-order chi connectivity index (χ1) is 13.6. The maximum Gasteiger partial charge on any atom is 0.254 e. The van der Waals surface area contributed by atoms with Crippen LogP contribution in [0.5, 0.6) is 0 Å². The Bertz CT molecular complexity index is 889. The first-order valence-electron chi connectivity index (χ1n) is 10.0. The second-order valence-corrected chi connectivity index (χ2v) is 8.02. The van der Waals surface area contributed by atoms with Crippen LogP contribution in [0, 0.1) is 0 Å². The summed E-state index contributed by atoms with van der Waals surface area (Å²) < 4.78 is 2.01. The van der Waals surface area contributed by atoms with Crippen LogP contribution in [-0.4, -0.2) is 50.2 Å². The number of benzene rings is 1. The molecule has 1 aromatic heterocycles. The monoisotopic (exact) mass is 377 g/mol. The number of fused-ring (bicyclic) bond motifs is 2. The summed E-state index contributed by atoms with van der Waals surface area (Å²) >= 11 is 0. The molecule has 28 heavy (non-hydrogen) atoms. The van der Waals surface area contributed by atoms with Gasteiger partial charge in [0.15, 0.2) is 0 Å². The SMILES string of the molecule is O=C1CCC(=O)N1C1CC2CCC(C1)N2C(=O)c1ccc(-n2cccc2)cc1. The highest BCUT2D eigenvalue weighted by Crippen LogP contribution is 2.39. The molecule has 1 aromatic carbocycles. The molecular formula is C22H23N3O3. The molecule has 144 valence electrons. The summed E-state index contributed by atoms with van der Waals surface area (Å²) in [7, 11) is 0. The van der Waals surface area contributed by atoms with Gasteiger partial charge in [-0.3, -0.25) is 19.3 Å². The molecule has 6 nitrogen and oxygen atoms in total. The molecule has 6 heteroatoms. The minimum Gasteiger partial charge on any atom is -0.333 e. The van der Waals surface area contributed by atoms with Gasteiger partial charge >= 0.3 is 0 Å². The van der Waals surface area contributed by atoms with E-state index in [0.29, 0.717) is 31.2 Å². The fraction of sp³-hybridized carbons (Fsp3) is 0.409. The Labute approximate surface area is 163 Å². The molecule has 3 aliphatic heterocycles. The number of aromatic nitrogens is 1. The molecule has 4 heterocycles. The maximum atomic E-state index is 13.2. The van der Waals surface area contributed by atoms with Crippen molar-refractivity contribution in [2.45, 2.75) is 56.7 Å². The molecule has 0 saturated carbocycles. The molecule has 5 rings (SSSR count). The van der Waals surface area contributed by atoms with Gasteiger partial charge in [0.1, 0.15) is 0 Å². The van der Waals surface area contributed by atoms with E-state index in [0.717, 1.165) is 18.5 Å². The van der Waals surface area contributed by atoms with Gasteiger partial charge in [-0.05, 0) is 62.1 Å². The number of carbonyl (C=O) groups excluding carboxylic acids is 3. The maximum absolute atomic E-state index is 13.2. The summed E-state index contributed by atoms with van der Waals surface area (Å²) in [6, 6.07) is 11.8. The van der Waals surface area contributed by atoms with E-state index in [1.54, 1.807) is 0 Å². The van der Waals surface area contributed by atoms with Crippen LogP contribution in [0.15, 0.2) is 48.8 Å². The predicted octanol–water partition coefficient (Wildman–Crippen LogP) is 2.76. The van der Waals surface area contributed by atoms with E-state index in [1.165, 1.54) is 4.90 Å². The van der Waals surface area contributed by atoms with Crippen molar-refractivity contribution in [2.24, 2.45) is 0 Å². The molecule has 3 fully saturated rings. The number of rotatable bonds is 3. The molecule has 0 radical (unpaired) electrons. The van der Waals surface area contributed by atoms with Crippen molar-refractivity contribution in [3.63, 3.8) is 0 Å². The van der Waals surface area contributed by atoms with Crippen LogP contribution in [0.2, 0.25) is 0 Å². The van der Waals surface area contributed by atoms with Gasteiger partial charge in [-0.2, -0.15) is 0 Å². The zero-order chi connectivity index (χ0) is 19.3. The summed E-state index contributed by atoms with van der Waals surface area (Å²) in [5, 5.41) is 0. The summed E-state index contributed by atoms with van der Waals surface area (Å²) in [5.41, 5.74) is 1.72. The number of nitrogens with zero attached hydrogens (tertiary/aromatic N) is 3. The van der Waals surface area contributed by atoms with Crippen molar-refractivity contribution in [1.29, 1.82) is 0 Å². The second-order valence-electron chi connectivity index (χ2n) is 8.02. The zero-order valence-corrected chi connectivity index (χ0v) is 15.7. The van der Waals surface area contributed by atoms with Gasteiger partial charge in [-0.25, -0.2) is 0 Å². The Morgan fingerprint density at radius 1 is 0.821 bits per heavy atom. The summed E-state index contributed by atoms with van der Waals surface area (Å²) in [6.45, 7) is 0. The van der Waals surface area contributed by atoms with Gasteiger partial charge in [0, 0.05) is 54.6 Å². The van der Waals surface area contributed by atoms with Crippen molar-refractivity contribution >= 4 is 17.7 Å². The molecular weight excluding hydrogens is 354 g/mol. The molecule has 3 aliphatic rings. The standard InChI is InChI=1S/C22H23N3O3/c26-20-9-10-21(27)25(20)19-13-17-7-8-18(14-19)24(17)22(28)15-3-5-16(6-4-15)23-11-1-2-12-23/h1-6,11-12,17-19H,7-10,13-14H2. The van der Waals surface area contributed by atoms with Gasteiger partial charge in [-0.15, -0.1) is 0 Å². The van der Waals surface area contributed by atoms with Gasteiger partial charge in [0.05, 0.1) is 0 Å². The fourth-order valence-corrected chi connectivity index (χ4v) is 5.12. The second kappa shape index (κ2) is 6.62. The molecule has 2 bridgehead atoms. The number of likely N-dealkylation sites (tertiary alicyclic amines) is 1. The molecule has 2 aromatic rings. The number of hydrogen-bond donors (Lipinski definition) is 0. The molecule has 0 spiro atoms. The van der Waals surface area contributed by atoms with Gasteiger partial charge < -0.3 is 9.47 Å². The molecule has 3 saturated heterocycles. The highest BCUT2D eigenvalue weighted by atomic mass is 16.2. The zero-order valence-electron chi connectivity index (χ0n) is 15.7. The first kappa shape index (κ1) is 17.2. The molecule has 0 N–H and O–H groups in total. The minimum absolute atomic E-state index is 0.0415. The van der Waals surface area contributed by atoms with Gasteiger partial charge in [0.25, 0.3) is 5.91 Å². The van der Waals surface area contributed by atoms with Crippen molar-refractivity contribution in [3.05, 3.63) is 54.4 Å². The fourth-order valence-electron chi connectivity index (χ4n) is 5.12. The van der Waals surface area contributed by atoms with Crippen molar-refractivity contribution < 1.29 is 14.4 Å². The van der Waals surface area contributed by atoms with Gasteiger partial charge in [0.2, 0.25) is 11.8 Å². The lowest BCUT2D eigenvalue weighted by molar-refractivity contribution is -0.142. The Balaban J connectivity index is 1.33. The van der Waals surface area contributed by atoms with E-state index in [9.17, 15) is 14.4 Å². The molecule has 2 atom stereocenters. The van der Waals surface area contributed by atoms with Crippen LogP contribution in [0.4, 0.5) is 0 Å². The topological polar surface area (TPSA) is 62.6 Å². The van der Waals surface area contributed by atoms with Crippen LogP contribution >= 0.6 is 0 Å². The van der Waals surface area contributed by atoms with Crippen molar-refractivity contribution in [1.82, 2.24) is 14.4 Å². The largest absolute Gasteiger partial charge is 0.333 e. The smallest absolute Gasteiger partial charge is 0.254 e. The van der Waals surface area contributed by atoms with Crippen LogP contribution in [0.3, 0.4) is 0 Å². The minimum atomic E-state index is -0.0465. The first-order valence-corrected chi connectivity index (χ1v) is 10.0. The normalized spacial score (nSPS) is 26.9. The predicted molar refractivity (Wildman–Crippen MR) is 103 cm³/mol. The molecule has 0 aliphatic carbocycles. The van der Waals surface area contributed by atoms with Crippen LogP contribution in [-0.2, 0) is 9.59 Å². The van der Waals surface area contributed by atoms with E-state index in [4.69, 9.17) is 0 Å². The average Bonchev–Trinajstić information content (AvgIpc) is 3.41. The van der Waals surface area contributed by atoms with Crippen molar-refractivity contribution in [3.8, 4) is 5.69 Å². The Hall–Kier alpha value is -2.89. The Morgan fingerprint density at radius 2 is 1.39 bits per heavy atom. The van der Waals surface area contributed by atoms with E-state index in [-0.39, 0.29) is 35.8 Å². The number of hydrogen-bond acceptors (Lipinski definition) is 3. The number of amides is 3.